The molecule has 7 aromatic rings. The van der Waals surface area contributed by atoms with Crippen molar-refractivity contribution in [2.75, 3.05) is 4.90 Å². The van der Waals surface area contributed by atoms with E-state index in [1.807, 2.05) is 12.1 Å². The van der Waals surface area contributed by atoms with Gasteiger partial charge in [-0.25, -0.2) is 10.1 Å². The van der Waals surface area contributed by atoms with E-state index >= 15 is 0 Å². The summed E-state index contributed by atoms with van der Waals surface area (Å²) in [4.78, 5) is 6.13. The zero-order chi connectivity index (χ0) is 36.1. The van der Waals surface area contributed by atoms with E-state index in [0.717, 1.165) is 5.56 Å². The molecular weight excluding hydrogens is 730 g/mol. The average molecular weight is 764 g/mol. The van der Waals surface area contributed by atoms with Gasteiger partial charge in [-0.15, -0.1) is 35.7 Å². The fraction of sp³-hybridized carbons (Fsp3) is 0.114. The Morgan fingerprint density at radius 3 is 2.61 bits per heavy atom. The first-order valence-corrected chi connectivity index (χ1v) is 13.4. The van der Waals surface area contributed by atoms with Crippen LogP contribution in [-0.2, 0) is 26.5 Å². The molecule has 220 valence electrons. The molecule has 0 N–H and O–H groups in total. The number of fused-ring (bicyclic) bond motifs is 6. The molecule has 0 atom stereocenters. The Kier molecular flexibility index (Phi) is 4.86. The van der Waals surface area contributed by atoms with Crippen molar-refractivity contribution in [3.63, 3.8) is 0 Å². The van der Waals surface area contributed by atoms with Gasteiger partial charge in [0.25, 0.3) is 0 Å². The summed E-state index contributed by atoms with van der Waals surface area (Å²) < 4.78 is 77.5. The minimum Gasteiger partial charge on any atom is -0.509 e. The van der Waals surface area contributed by atoms with Crippen molar-refractivity contribution in [2.45, 2.75) is 26.2 Å². The third-order valence-corrected chi connectivity index (χ3v) is 7.21. The standard InChI is InChI=1S/C35H26N7O.Pt/c1-35(2,3)23-17-18-36-33(19-23)42-31-14-7-4-11-27(31)28-16-15-26(21-32(28)42)43-25-10-8-9-24(20-25)40-22-41-34(37-38-39-41)29-12-5-6-13-30(29)40;/h4-19,22H,1-3H3;/q-3;/i4D,5D,6D,7D,11D,12D,13D,14D;. The summed E-state index contributed by atoms with van der Waals surface area (Å²) >= 11 is 0. The predicted octanol–water partition coefficient (Wildman–Crippen LogP) is 7.64. The fourth-order valence-electron chi connectivity index (χ4n) is 5.11. The van der Waals surface area contributed by atoms with Crippen LogP contribution in [0.3, 0.4) is 0 Å². The van der Waals surface area contributed by atoms with Gasteiger partial charge in [0.1, 0.15) is 5.82 Å². The predicted molar refractivity (Wildman–Crippen MR) is 167 cm³/mol. The monoisotopic (exact) mass is 763 g/mol. The molecule has 0 fully saturated rings. The molecule has 1 aliphatic rings. The van der Waals surface area contributed by atoms with Crippen LogP contribution in [0.25, 0.3) is 39.0 Å². The molecule has 44 heavy (non-hydrogen) atoms. The summed E-state index contributed by atoms with van der Waals surface area (Å²) in [7, 11) is 0. The smallest absolute Gasteiger partial charge is 0.135 e. The molecule has 8 rings (SSSR count). The molecule has 8 nitrogen and oxygen atoms in total. The maximum atomic E-state index is 8.86. The molecule has 1 aliphatic heterocycles. The van der Waals surface area contributed by atoms with Crippen LogP contribution in [0.4, 0.5) is 11.4 Å². The van der Waals surface area contributed by atoms with Crippen LogP contribution >= 0.6 is 0 Å². The zero-order valence-corrected chi connectivity index (χ0v) is 25.8. The summed E-state index contributed by atoms with van der Waals surface area (Å²) in [5, 5.41) is 12.5. The number of para-hydroxylation sites is 2. The van der Waals surface area contributed by atoms with Crippen molar-refractivity contribution in [2.24, 2.45) is 0 Å². The Bertz CT molecular complexity index is 2600. The van der Waals surface area contributed by atoms with Crippen molar-refractivity contribution in [1.29, 1.82) is 0 Å². The van der Waals surface area contributed by atoms with Gasteiger partial charge in [0.05, 0.1) is 11.0 Å². The quantitative estimate of drug-likeness (QED) is 0.172. The molecule has 0 radical (unpaired) electrons. The van der Waals surface area contributed by atoms with Gasteiger partial charge >= 0.3 is 0 Å². The van der Waals surface area contributed by atoms with Gasteiger partial charge in [0.15, 0.2) is 0 Å². The van der Waals surface area contributed by atoms with Gasteiger partial charge in [-0.05, 0) is 58.0 Å². The first kappa shape index (κ1) is 20.1. The van der Waals surface area contributed by atoms with E-state index in [0.29, 0.717) is 27.8 Å². The fourth-order valence-corrected chi connectivity index (χ4v) is 5.11. The molecule has 0 amide bonds. The Hall–Kier alpha value is -4.94. The van der Waals surface area contributed by atoms with Gasteiger partial charge in [-0.1, -0.05) is 73.4 Å². The van der Waals surface area contributed by atoms with Crippen molar-refractivity contribution in [3.05, 3.63) is 121 Å². The topological polar surface area (TPSA) is 73.9 Å². The van der Waals surface area contributed by atoms with Gasteiger partial charge < -0.3 is 18.9 Å². The summed E-state index contributed by atoms with van der Waals surface area (Å²) in [6.45, 7) is 7.72. The molecule has 0 spiro atoms. The Balaban J connectivity index is 0.00000420. The van der Waals surface area contributed by atoms with E-state index in [4.69, 9.17) is 15.7 Å². The Morgan fingerprint density at radius 2 is 1.73 bits per heavy atom. The van der Waals surface area contributed by atoms with E-state index in [1.54, 1.807) is 41.1 Å². The van der Waals surface area contributed by atoms with E-state index in [-0.39, 0.29) is 96.8 Å². The second kappa shape index (κ2) is 10.6. The summed E-state index contributed by atoms with van der Waals surface area (Å²) in [5.74, 6) is 1.14. The van der Waals surface area contributed by atoms with Crippen LogP contribution in [0.5, 0.6) is 11.5 Å². The first-order chi connectivity index (χ1) is 24.3. The molecule has 0 saturated carbocycles. The Labute approximate surface area is 280 Å². The average Bonchev–Trinajstić information content (AvgIpc) is 3.73. The Morgan fingerprint density at radius 1 is 0.909 bits per heavy atom. The van der Waals surface area contributed by atoms with Crippen molar-refractivity contribution < 1.29 is 36.8 Å². The van der Waals surface area contributed by atoms with E-state index in [2.05, 4.69) is 53.4 Å². The number of pyridine rings is 1. The SMILES string of the molecule is [2H]c1c([2H])c([2H])c2c(c1[2H])-c1nnnn1[CH-]N2c1[c-]c(Oc2[c-]c3c(cc2)c2c([2H])c([2H])c([2H])c([2H])c2n3-c2cc(C(C)(C)C)ccn2)ccc1.[Pt]. The third kappa shape index (κ3) is 4.63. The van der Waals surface area contributed by atoms with Crippen molar-refractivity contribution in [1.82, 2.24) is 29.8 Å². The normalized spacial score (nSPS) is 14.9. The van der Waals surface area contributed by atoms with Gasteiger partial charge in [0, 0.05) is 55.8 Å². The van der Waals surface area contributed by atoms with Crippen LogP contribution < -0.4 is 9.64 Å². The van der Waals surface area contributed by atoms with Crippen LogP contribution in [0.15, 0.2) is 97.0 Å². The molecule has 3 aromatic heterocycles. The summed E-state index contributed by atoms with van der Waals surface area (Å²) in [6, 6.07) is 16.3. The number of tetrazole rings is 1. The summed E-state index contributed by atoms with van der Waals surface area (Å²) in [5.41, 5.74) is 2.13. The maximum absolute atomic E-state index is 8.86. The molecule has 9 heteroatoms. The van der Waals surface area contributed by atoms with Crippen LogP contribution in [0.2, 0.25) is 0 Å². The first-order valence-electron chi connectivity index (χ1n) is 17.4. The number of ether oxygens (including phenoxy) is 1. The third-order valence-electron chi connectivity index (χ3n) is 7.21. The molecule has 4 aromatic carbocycles. The molecule has 4 heterocycles. The number of hydrogen-bond donors (Lipinski definition) is 0. The number of benzene rings is 4. The van der Waals surface area contributed by atoms with Gasteiger partial charge in [-0.2, -0.15) is 12.1 Å². The van der Waals surface area contributed by atoms with Crippen LogP contribution in [-0.4, -0.2) is 29.8 Å². The largest absolute Gasteiger partial charge is 0.509 e. The molecule has 0 unspecified atom stereocenters. The molecule has 0 aliphatic carbocycles. The van der Waals surface area contributed by atoms with Crippen molar-refractivity contribution in [3.8, 4) is 28.7 Å². The van der Waals surface area contributed by atoms with Crippen molar-refractivity contribution >= 4 is 33.2 Å². The van der Waals surface area contributed by atoms with E-state index in [9.17, 15) is 0 Å². The summed E-state index contributed by atoms with van der Waals surface area (Å²) in [6.07, 6.45) is 1.68. The zero-order valence-electron chi connectivity index (χ0n) is 31.6. The number of rotatable bonds is 4. The molecule has 0 saturated heterocycles. The number of anilines is 2. The maximum Gasteiger partial charge on any atom is 0.135 e. The van der Waals surface area contributed by atoms with E-state index < -0.39 is 12.1 Å². The number of hydrogen-bond acceptors (Lipinski definition) is 6. The number of aromatic nitrogens is 6. The van der Waals surface area contributed by atoms with E-state index in [1.165, 1.54) is 16.3 Å². The van der Waals surface area contributed by atoms with Crippen LogP contribution in [0, 0.1) is 18.8 Å². The minimum atomic E-state index is -0.409. The molecular formula is C35H26N7OPt-3. The second-order valence-electron chi connectivity index (χ2n) is 11.0. The van der Waals surface area contributed by atoms with Crippen LogP contribution in [0.1, 0.15) is 37.3 Å². The molecule has 0 bridgehead atoms. The number of nitrogens with zero attached hydrogens (tertiary/aromatic N) is 7. The van der Waals surface area contributed by atoms with Gasteiger partial charge in [0.2, 0.25) is 0 Å². The second-order valence-corrected chi connectivity index (χ2v) is 11.0. The van der Waals surface area contributed by atoms with Gasteiger partial charge in [-0.3, -0.25) is 0 Å². The minimum absolute atomic E-state index is 0.